The third-order valence-electron chi connectivity index (χ3n) is 8.55. The first kappa shape index (κ1) is 24.3. The molecule has 180 valence electrons. The van der Waals surface area contributed by atoms with E-state index in [1.165, 1.54) is 6.92 Å². The van der Waals surface area contributed by atoms with Crippen LogP contribution in [0.25, 0.3) is 6.08 Å². The first-order chi connectivity index (χ1) is 15.1. The Labute approximate surface area is 193 Å². The van der Waals surface area contributed by atoms with Crippen LogP contribution in [0.15, 0.2) is 24.4 Å². The minimum Gasteiger partial charge on any atom is -0.460 e. The normalized spacial score (nSPS) is 39.0. The molecule has 9 heteroatoms. The van der Waals surface area contributed by atoms with Gasteiger partial charge in [-0.3, -0.25) is 4.98 Å². The Bertz CT molecular complexity index is 966. The van der Waals surface area contributed by atoms with E-state index in [4.69, 9.17) is 14.0 Å². The van der Waals surface area contributed by atoms with Gasteiger partial charge in [-0.15, -0.1) is 0 Å². The molecule has 3 heterocycles. The van der Waals surface area contributed by atoms with Crippen LogP contribution in [0, 0.1) is 17.3 Å². The summed E-state index contributed by atoms with van der Waals surface area (Å²) in [4.78, 5) is 16.8. The second kappa shape index (κ2) is 7.33. The maximum absolute atomic E-state index is 14.8. The van der Waals surface area contributed by atoms with E-state index >= 15 is 0 Å². The number of hydrogen-bond donors (Lipinski definition) is 1. The smallest absolute Gasteiger partial charge is 0.460 e. The van der Waals surface area contributed by atoms with Crippen molar-refractivity contribution in [3.05, 3.63) is 30.1 Å². The number of pyridine rings is 1. The number of rotatable bonds is 3. The standard InChI is InChI=1S/C24H32BF2NO5/c1-14-18(22(7)15(2)31-19(29)23(22,30)13-24(14,26)27)11-10-17-9-8-16(12-28-17)25-32-20(3,4)21(5,6)33-25/h8-12,14-15,18,30H,13H2,1-7H3. The molecular weight excluding hydrogens is 431 g/mol. The zero-order valence-electron chi connectivity index (χ0n) is 20.2. The van der Waals surface area contributed by atoms with Gasteiger partial charge in [0, 0.05) is 17.6 Å². The molecule has 0 amide bonds. The van der Waals surface area contributed by atoms with E-state index in [2.05, 4.69) is 4.98 Å². The van der Waals surface area contributed by atoms with Gasteiger partial charge in [0.25, 0.3) is 5.92 Å². The molecule has 1 aromatic heterocycles. The van der Waals surface area contributed by atoms with E-state index < -0.39 is 65.6 Å². The zero-order valence-corrected chi connectivity index (χ0v) is 20.2. The highest BCUT2D eigenvalue weighted by Gasteiger charge is 2.74. The number of alkyl halides is 2. The highest BCUT2D eigenvalue weighted by atomic mass is 19.3. The molecule has 5 atom stereocenters. The van der Waals surface area contributed by atoms with E-state index in [-0.39, 0.29) is 0 Å². The minimum absolute atomic E-state index is 0.470. The van der Waals surface area contributed by atoms with Gasteiger partial charge in [0.1, 0.15) is 6.10 Å². The maximum atomic E-state index is 14.8. The number of cyclic esters (lactones) is 1. The molecule has 0 radical (unpaired) electrons. The largest absolute Gasteiger partial charge is 0.496 e. The Morgan fingerprint density at radius 3 is 2.27 bits per heavy atom. The van der Waals surface area contributed by atoms with Gasteiger partial charge in [-0.2, -0.15) is 0 Å². The first-order valence-corrected chi connectivity index (χ1v) is 11.4. The van der Waals surface area contributed by atoms with Crippen molar-refractivity contribution in [1.82, 2.24) is 4.98 Å². The highest BCUT2D eigenvalue weighted by molar-refractivity contribution is 6.62. The summed E-state index contributed by atoms with van der Waals surface area (Å²) in [5.74, 6) is -6.11. The van der Waals surface area contributed by atoms with Crippen LogP contribution in [-0.4, -0.2) is 52.0 Å². The Hall–Kier alpha value is -1.84. The molecule has 3 aliphatic rings. The maximum Gasteiger partial charge on any atom is 0.496 e. The number of nitrogens with zero attached hydrogens (tertiary/aromatic N) is 1. The average molecular weight is 463 g/mol. The molecule has 3 fully saturated rings. The predicted octanol–water partition coefficient (Wildman–Crippen LogP) is 3.37. The van der Waals surface area contributed by atoms with E-state index in [1.807, 2.05) is 33.8 Å². The van der Waals surface area contributed by atoms with Crippen LogP contribution in [-0.2, 0) is 18.8 Å². The van der Waals surface area contributed by atoms with Crippen molar-refractivity contribution in [2.24, 2.45) is 17.3 Å². The molecule has 0 spiro atoms. The lowest BCUT2D eigenvalue weighted by atomic mass is 9.53. The number of carbonyl (C=O) groups is 1. The van der Waals surface area contributed by atoms with Gasteiger partial charge < -0.3 is 19.2 Å². The van der Waals surface area contributed by atoms with Crippen LogP contribution >= 0.6 is 0 Å². The summed E-state index contributed by atoms with van der Waals surface area (Å²) in [6.07, 6.45) is 3.27. The number of hydrogen-bond acceptors (Lipinski definition) is 6. The Balaban J connectivity index is 1.60. The van der Waals surface area contributed by atoms with Gasteiger partial charge in [0.05, 0.1) is 28.7 Å². The number of esters is 1. The Morgan fingerprint density at radius 1 is 1.12 bits per heavy atom. The topological polar surface area (TPSA) is 77.9 Å². The highest BCUT2D eigenvalue weighted by Crippen LogP contribution is 2.61. The summed E-state index contributed by atoms with van der Waals surface area (Å²) in [5, 5.41) is 11.0. The van der Waals surface area contributed by atoms with Crippen molar-refractivity contribution < 1.29 is 32.7 Å². The number of carbonyl (C=O) groups excluding carboxylic acids is 1. The lowest BCUT2D eigenvalue weighted by Gasteiger charge is -2.52. The fourth-order valence-corrected chi connectivity index (χ4v) is 5.23. The van der Waals surface area contributed by atoms with Crippen molar-refractivity contribution >= 4 is 24.6 Å². The predicted molar refractivity (Wildman–Crippen MR) is 120 cm³/mol. The average Bonchev–Trinajstić information content (AvgIpc) is 3.02. The van der Waals surface area contributed by atoms with Crippen LogP contribution in [0.4, 0.5) is 8.78 Å². The van der Waals surface area contributed by atoms with Crippen LogP contribution in [0.5, 0.6) is 0 Å². The Kier molecular flexibility index (Phi) is 5.40. The lowest BCUT2D eigenvalue weighted by Crippen LogP contribution is -2.63. The second-order valence-electron chi connectivity index (χ2n) is 10.9. The van der Waals surface area contributed by atoms with Crippen LogP contribution < -0.4 is 5.46 Å². The fourth-order valence-electron chi connectivity index (χ4n) is 5.23. The molecule has 0 aromatic carbocycles. The number of aromatic nitrogens is 1. The lowest BCUT2D eigenvalue weighted by molar-refractivity contribution is -0.218. The molecule has 1 aliphatic carbocycles. The molecule has 0 bridgehead atoms. The number of allylic oxidation sites excluding steroid dienone is 1. The van der Waals surface area contributed by atoms with Gasteiger partial charge in [-0.05, 0) is 52.7 Å². The van der Waals surface area contributed by atoms with E-state index in [9.17, 15) is 18.7 Å². The van der Waals surface area contributed by atoms with Gasteiger partial charge in [0.15, 0.2) is 5.60 Å². The third-order valence-corrected chi connectivity index (χ3v) is 8.55. The van der Waals surface area contributed by atoms with Crippen LogP contribution in [0.1, 0.15) is 60.6 Å². The molecule has 33 heavy (non-hydrogen) atoms. The van der Waals surface area contributed by atoms with Gasteiger partial charge in [-0.25, -0.2) is 13.6 Å². The molecular formula is C24H32BF2NO5. The third kappa shape index (κ3) is 3.46. The first-order valence-electron chi connectivity index (χ1n) is 11.4. The second-order valence-corrected chi connectivity index (χ2v) is 10.9. The minimum atomic E-state index is -3.22. The monoisotopic (exact) mass is 463 g/mol. The summed E-state index contributed by atoms with van der Waals surface area (Å²) in [6, 6.07) is 3.59. The summed E-state index contributed by atoms with van der Waals surface area (Å²) in [5.41, 5.74) is -3.06. The molecule has 6 nitrogen and oxygen atoms in total. The van der Waals surface area contributed by atoms with Crippen molar-refractivity contribution in [3.8, 4) is 0 Å². The number of fused-ring (bicyclic) bond motifs is 1. The van der Waals surface area contributed by atoms with Gasteiger partial charge >= 0.3 is 13.1 Å². The Morgan fingerprint density at radius 2 is 1.73 bits per heavy atom. The van der Waals surface area contributed by atoms with E-state index in [0.29, 0.717) is 5.69 Å². The zero-order chi connectivity index (χ0) is 24.6. The molecule has 1 saturated carbocycles. The van der Waals surface area contributed by atoms with E-state index in [1.54, 1.807) is 38.3 Å². The fraction of sp³-hybridized carbons (Fsp3) is 0.667. The quantitative estimate of drug-likeness (QED) is 0.547. The van der Waals surface area contributed by atoms with Gasteiger partial charge in [-0.1, -0.05) is 26.0 Å². The SMILES string of the molecule is CC1C(C=Cc2ccc(B3OC(C)(C)C(C)(C)O3)cn2)C2(C)C(C)OC(=O)C2(O)CC1(F)F. The van der Waals surface area contributed by atoms with Crippen molar-refractivity contribution in [1.29, 1.82) is 0 Å². The summed E-state index contributed by atoms with van der Waals surface area (Å²) >= 11 is 0. The summed E-state index contributed by atoms with van der Waals surface area (Å²) in [6.45, 7) is 12.6. The summed E-state index contributed by atoms with van der Waals surface area (Å²) < 4.78 is 47.0. The number of halogens is 2. The molecule has 1 N–H and O–H groups in total. The number of ether oxygens (including phenoxy) is 1. The van der Waals surface area contributed by atoms with Crippen molar-refractivity contribution in [3.63, 3.8) is 0 Å². The van der Waals surface area contributed by atoms with Crippen molar-refractivity contribution in [2.45, 2.75) is 83.7 Å². The molecule has 4 rings (SSSR count). The van der Waals surface area contributed by atoms with Crippen LogP contribution in [0.2, 0.25) is 0 Å². The van der Waals surface area contributed by atoms with Crippen molar-refractivity contribution in [2.75, 3.05) is 0 Å². The van der Waals surface area contributed by atoms with E-state index in [0.717, 1.165) is 5.46 Å². The molecule has 2 saturated heterocycles. The number of aliphatic hydroxyl groups is 1. The van der Waals surface area contributed by atoms with Crippen LogP contribution in [0.3, 0.4) is 0 Å². The molecule has 5 unspecified atom stereocenters. The van der Waals surface area contributed by atoms with Gasteiger partial charge in [0.2, 0.25) is 0 Å². The molecule has 1 aromatic rings. The summed E-state index contributed by atoms with van der Waals surface area (Å²) in [7, 11) is -0.547. The molecule has 2 aliphatic heterocycles.